The van der Waals surface area contributed by atoms with E-state index >= 15 is 0 Å². The lowest BCUT2D eigenvalue weighted by Gasteiger charge is -2.43. The molecular weight excluding hydrogens is 244 g/mol. The van der Waals surface area contributed by atoms with Gasteiger partial charge in [-0.15, -0.1) is 0 Å². The van der Waals surface area contributed by atoms with Gasteiger partial charge in [-0.1, -0.05) is 39.5 Å². The van der Waals surface area contributed by atoms with Gasteiger partial charge in [-0.25, -0.2) is 0 Å². The van der Waals surface area contributed by atoms with Crippen LogP contribution in [-0.4, -0.2) is 37.6 Å². The predicted molar refractivity (Wildman–Crippen MR) is 88.1 cm³/mol. The van der Waals surface area contributed by atoms with Crippen LogP contribution in [0, 0.1) is 11.3 Å². The second kappa shape index (κ2) is 7.79. The highest BCUT2D eigenvalue weighted by Crippen LogP contribution is 2.40. The number of nitrogens with one attached hydrogen (secondary N) is 1. The maximum Gasteiger partial charge on any atom is 0.00684 e. The van der Waals surface area contributed by atoms with E-state index in [1.807, 2.05) is 0 Å². The highest BCUT2D eigenvalue weighted by Gasteiger charge is 2.37. The summed E-state index contributed by atoms with van der Waals surface area (Å²) >= 11 is 0. The topological polar surface area (TPSA) is 15.3 Å². The molecule has 0 aromatic heterocycles. The Morgan fingerprint density at radius 1 is 1.20 bits per heavy atom. The van der Waals surface area contributed by atoms with E-state index in [1.54, 1.807) is 0 Å². The minimum absolute atomic E-state index is 0.557. The number of hydrogen-bond acceptors (Lipinski definition) is 2. The summed E-state index contributed by atoms with van der Waals surface area (Å²) in [5.74, 6) is 0.925. The van der Waals surface area contributed by atoms with Gasteiger partial charge in [-0.05, 0) is 57.0 Å². The van der Waals surface area contributed by atoms with Crippen LogP contribution in [-0.2, 0) is 0 Å². The zero-order valence-electron chi connectivity index (χ0n) is 14.1. The van der Waals surface area contributed by atoms with Crippen molar-refractivity contribution in [3.05, 3.63) is 0 Å². The minimum Gasteiger partial charge on any atom is -0.313 e. The second-order valence-electron chi connectivity index (χ2n) is 7.80. The van der Waals surface area contributed by atoms with Crippen LogP contribution in [0.3, 0.4) is 0 Å². The first kappa shape index (κ1) is 16.3. The van der Waals surface area contributed by atoms with Crippen molar-refractivity contribution in [1.82, 2.24) is 10.2 Å². The van der Waals surface area contributed by atoms with E-state index in [4.69, 9.17) is 0 Å². The van der Waals surface area contributed by atoms with Gasteiger partial charge >= 0.3 is 0 Å². The molecule has 0 spiro atoms. The first-order valence-corrected chi connectivity index (χ1v) is 9.05. The Hall–Kier alpha value is -0.0800. The molecule has 118 valence electrons. The van der Waals surface area contributed by atoms with Gasteiger partial charge in [0.1, 0.15) is 0 Å². The monoisotopic (exact) mass is 280 g/mol. The molecule has 0 aliphatic heterocycles. The Morgan fingerprint density at radius 3 is 2.65 bits per heavy atom. The van der Waals surface area contributed by atoms with Crippen LogP contribution in [0.25, 0.3) is 0 Å². The van der Waals surface area contributed by atoms with Crippen LogP contribution in [0.4, 0.5) is 0 Å². The van der Waals surface area contributed by atoms with Gasteiger partial charge in [-0.2, -0.15) is 0 Å². The van der Waals surface area contributed by atoms with Crippen molar-refractivity contribution in [2.45, 2.75) is 77.7 Å². The van der Waals surface area contributed by atoms with Crippen molar-refractivity contribution in [1.29, 1.82) is 0 Å². The zero-order valence-corrected chi connectivity index (χ0v) is 14.1. The van der Waals surface area contributed by atoms with E-state index in [-0.39, 0.29) is 0 Å². The molecule has 0 amide bonds. The Kier molecular flexibility index (Phi) is 6.35. The summed E-state index contributed by atoms with van der Waals surface area (Å²) in [4.78, 5) is 2.61. The van der Waals surface area contributed by atoms with Crippen LogP contribution >= 0.6 is 0 Å². The van der Waals surface area contributed by atoms with E-state index in [1.165, 1.54) is 77.4 Å². The predicted octanol–water partition coefficient (Wildman–Crippen LogP) is 4.06. The summed E-state index contributed by atoms with van der Waals surface area (Å²) in [5, 5.41) is 3.83. The van der Waals surface area contributed by atoms with Crippen molar-refractivity contribution in [2.75, 3.05) is 26.7 Å². The molecule has 20 heavy (non-hydrogen) atoms. The zero-order chi connectivity index (χ0) is 14.4. The molecule has 0 aromatic rings. The van der Waals surface area contributed by atoms with E-state index in [2.05, 4.69) is 31.1 Å². The highest BCUT2D eigenvalue weighted by molar-refractivity contribution is 4.92. The fourth-order valence-corrected chi connectivity index (χ4v) is 4.06. The third kappa shape index (κ3) is 5.37. The van der Waals surface area contributed by atoms with Crippen molar-refractivity contribution in [3.8, 4) is 0 Å². The maximum absolute atomic E-state index is 3.83. The molecule has 1 N–H and O–H groups in total. The van der Waals surface area contributed by atoms with Gasteiger partial charge in [-0.3, -0.25) is 0 Å². The molecule has 2 unspecified atom stereocenters. The quantitative estimate of drug-likeness (QED) is 0.641. The smallest absolute Gasteiger partial charge is 0.00684 e. The summed E-state index contributed by atoms with van der Waals surface area (Å²) in [5.41, 5.74) is 0.557. The number of hydrogen-bond donors (Lipinski definition) is 1. The van der Waals surface area contributed by atoms with Gasteiger partial charge in [0.05, 0.1) is 0 Å². The largest absolute Gasteiger partial charge is 0.313 e. The van der Waals surface area contributed by atoms with Gasteiger partial charge in [0.25, 0.3) is 0 Å². The number of rotatable bonds is 9. The molecule has 2 heteroatoms. The average molecular weight is 280 g/mol. The number of nitrogens with zero attached hydrogens (tertiary/aromatic N) is 1. The van der Waals surface area contributed by atoms with Crippen molar-refractivity contribution in [2.24, 2.45) is 11.3 Å². The summed E-state index contributed by atoms with van der Waals surface area (Å²) in [6, 6.07) is 0.856. The third-order valence-electron chi connectivity index (χ3n) is 5.28. The highest BCUT2D eigenvalue weighted by atomic mass is 15.1. The van der Waals surface area contributed by atoms with E-state index in [9.17, 15) is 0 Å². The molecule has 0 radical (unpaired) electrons. The van der Waals surface area contributed by atoms with Crippen LogP contribution < -0.4 is 5.32 Å². The molecule has 0 bridgehead atoms. The summed E-state index contributed by atoms with van der Waals surface area (Å²) in [6.07, 6.45) is 12.7. The van der Waals surface area contributed by atoms with Crippen molar-refractivity contribution >= 4 is 0 Å². The lowest BCUT2D eigenvalue weighted by Crippen LogP contribution is -2.46. The van der Waals surface area contributed by atoms with E-state index in [0.29, 0.717) is 5.41 Å². The van der Waals surface area contributed by atoms with Gasteiger partial charge in [0.15, 0.2) is 0 Å². The fourth-order valence-electron chi connectivity index (χ4n) is 4.06. The lowest BCUT2D eigenvalue weighted by molar-refractivity contribution is 0.0907. The molecule has 2 atom stereocenters. The molecule has 2 aliphatic carbocycles. The molecule has 2 rings (SSSR count). The first-order chi connectivity index (χ1) is 9.63. The maximum atomic E-state index is 3.83. The van der Waals surface area contributed by atoms with Crippen molar-refractivity contribution in [3.63, 3.8) is 0 Å². The Labute approximate surface area is 126 Å². The third-order valence-corrected chi connectivity index (χ3v) is 5.28. The first-order valence-electron chi connectivity index (χ1n) is 9.05. The molecule has 2 nitrogen and oxygen atoms in total. The fraction of sp³-hybridized carbons (Fsp3) is 1.00. The Morgan fingerprint density at radius 2 is 2.00 bits per heavy atom. The SMILES string of the molecule is CCCCCN(C)CC1(CNC2CC2)CCCC(C)C1. The summed E-state index contributed by atoms with van der Waals surface area (Å²) in [7, 11) is 2.34. The van der Waals surface area contributed by atoms with Crippen LogP contribution in [0.15, 0.2) is 0 Å². The van der Waals surface area contributed by atoms with Crippen LogP contribution in [0.1, 0.15) is 71.6 Å². The number of unbranched alkanes of at least 4 members (excludes halogenated alkanes) is 2. The molecule has 0 saturated heterocycles. The molecule has 0 aromatic carbocycles. The van der Waals surface area contributed by atoms with E-state index < -0.39 is 0 Å². The second-order valence-corrected chi connectivity index (χ2v) is 7.80. The van der Waals surface area contributed by atoms with Gasteiger partial charge < -0.3 is 10.2 Å². The van der Waals surface area contributed by atoms with Crippen molar-refractivity contribution < 1.29 is 0 Å². The summed E-state index contributed by atoms with van der Waals surface area (Å²) in [6.45, 7) is 8.61. The standard InChI is InChI=1S/C18H36N2/c1-4-5-6-12-20(3)15-18(14-19-17-9-10-17)11-7-8-16(2)13-18/h16-17,19H,4-15H2,1-3H3. The summed E-state index contributed by atoms with van der Waals surface area (Å²) < 4.78 is 0. The minimum atomic E-state index is 0.557. The van der Waals surface area contributed by atoms with Gasteiger partial charge in [0, 0.05) is 19.1 Å². The Bertz CT molecular complexity index is 275. The van der Waals surface area contributed by atoms with Gasteiger partial charge in [0.2, 0.25) is 0 Å². The molecular formula is C18H36N2. The average Bonchev–Trinajstić information content (AvgIpc) is 3.21. The van der Waals surface area contributed by atoms with Crippen LogP contribution in [0.5, 0.6) is 0 Å². The molecule has 2 aliphatic rings. The Balaban J connectivity index is 1.83. The lowest BCUT2D eigenvalue weighted by atomic mass is 9.69. The normalized spacial score (nSPS) is 30.9. The van der Waals surface area contributed by atoms with E-state index in [0.717, 1.165) is 12.0 Å². The van der Waals surface area contributed by atoms with Crippen LogP contribution in [0.2, 0.25) is 0 Å². The molecule has 0 heterocycles. The molecule has 2 fully saturated rings. The molecule has 2 saturated carbocycles.